The van der Waals surface area contributed by atoms with Crippen molar-refractivity contribution in [3.05, 3.63) is 99.6 Å². The van der Waals surface area contributed by atoms with Gasteiger partial charge in [0.1, 0.15) is 11.9 Å². The average molecular weight is 404 g/mol. The molecule has 0 aliphatic carbocycles. The number of hydrogen-bond acceptors (Lipinski definition) is 6. The molecular weight excluding hydrogens is 388 g/mol. The highest BCUT2D eigenvalue weighted by Gasteiger charge is 2.34. The van der Waals surface area contributed by atoms with Gasteiger partial charge in [-0.05, 0) is 42.0 Å². The zero-order chi connectivity index (χ0) is 21.3. The summed E-state index contributed by atoms with van der Waals surface area (Å²) in [6.45, 7) is 0. The maximum absolute atomic E-state index is 13.1. The van der Waals surface area contributed by atoms with Gasteiger partial charge in [-0.25, -0.2) is 5.01 Å². The van der Waals surface area contributed by atoms with E-state index in [2.05, 4.69) is 10.7 Å². The van der Waals surface area contributed by atoms with Gasteiger partial charge in [-0.15, -0.1) is 0 Å². The molecule has 0 saturated heterocycles. The molecule has 150 valence electrons. The molecule has 1 unspecified atom stereocenters. The SMILES string of the molecule is O=C(NN1C(=O)c2ccccc2NC1c1ccc(O)cc1)c1ccc([N+](=O)[O-])cc1. The summed E-state index contributed by atoms with van der Waals surface area (Å²) in [5.74, 6) is -0.941. The number of rotatable bonds is 4. The fourth-order valence-electron chi connectivity index (χ4n) is 3.17. The minimum Gasteiger partial charge on any atom is -0.508 e. The summed E-state index contributed by atoms with van der Waals surface area (Å²) in [5.41, 5.74) is 4.25. The highest BCUT2D eigenvalue weighted by atomic mass is 16.6. The van der Waals surface area contributed by atoms with Gasteiger partial charge in [0.15, 0.2) is 0 Å². The smallest absolute Gasteiger partial charge is 0.276 e. The molecule has 9 heteroatoms. The summed E-state index contributed by atoms with van der Waals surface area (Å²) >= 11 is 0. The molecule has 3 aromatic rings. The van der Waals surface area contributed by atoms with Crippen LogP contribution in [0.15, 0.2) is 72.8 Å². The number of carbonyl (C=O) groups is 2. The summed E-state index contributed by atoms with van der Waals surface area (Å²) in [6, 6.07) is 18.2. The third kappa shape index (κ3) is 3.51. The van der Waals surface area contributed by atoms with E-state index in [-0.39, 0.29) is 17.0 Å². The fourth-order valence-corrected chi connectivity index (χ4v) is 3.17. The first-order chi connectivity index (χ1) is 14.4. The standard InChI is InChI=1S/C21H16N4O5/c26-16-11-7-13(8-12-16)19-22-18-4-2-1-3-17(18)21(28)24(19)23-20(27)14-5-9-15(10-6-14)25(29)30/h1-12,19,22,26H,(H,23,27). The normalized spacial score (nSPS) is 15.1. The van der Waals surface area contributed by atoms with Crippen molar-refractivity contribution in [3.63, 3.8) is 0 Å². The van der Waals surface area contributed by atoms with Crippen molar-refractivity contribution in [2.45, 2.75) is 6.17 Å². The van der Waals surface area contributed by atoms with Crippen LogP contribution in [0, 0.1) is 10.1 Å². The highest BCUT2D eigenvalue weighted by molar-refractivity contribution is 6.04. The van der Waals surface area contributed by atoms with Crippen molar-refractivity contribution in [3.8, 4) is 5.75 Å². The van der Waals surface area contributed by atoms with Crippen molar-refractivity contribution in [1.29, 1.82) is 0 Å². The number of nitrogens with zero attached hydrogens (tertiary/aromatic N) is 2. The molecule has 0 spiro atoms. The van der Waals surface area contributed by atoms with Gasteiger partial charge in [0.2, 0.25) is 0 Å². The second kappa shape index (κ2) is 7.55. The lowest BCUT2D eigenvalue weighted by Crippen LogP contribution is -2.52. The number of non-ortho nitro benzene ring substituents is 1. The van der Waals surface area contributed by atoms with Gasteiger partial charge in [-0.1, -0.05) is 24.3 Å². The van der Waals surface area contributed by atoms with Crippen LogP contribution in [0.3, 0.4) is 0 Å². The lowest BCUT2D eigenvalue weighted by Gasteiger charge is -2.37. The fraction of sp³-hybridized carbons (Fsp3) is 0.0476. The van der Waals surface area contributed by atoms with Gasteiger partial charge >= 0.3 is 0 Å². The number of para-hydroxylation sites is 1. The number of fused-ring (bicyclic) bond motifs is 1. The van der Waals surface area contributed by atoms with Gasteiger partial charge in [-0.2, -0.15) is 0 Å². The minimum absolute atomic E-state index is 0.0720. The monoisotopic (exact) mass is 404 g/mol. The molecular formula is C21H16N4O5. The molecule has 1 heterocycles. The first kappa shape index (κ1) is 18.9. The Balaban J connectivity index is 1.67. The summed E-state index contributed by atoms with van der Waals surface area (Å²) in [6.07, 6.45) is -0.727. The summed E-state index contributed by atoms with van der Waals surface area (Å²) in [7, 11) is 0. The second-order valence-electron chi connectivity index (χ2n) is 6.60. The third-order valence-corrected chi connectivity index (χ3v) is 4.70. The van der Waals surface area contributed by atoms with Crippen LogP contribution in [0.4, 0.5) is 11.4 Å². The van der Waals surface area contributed by atoms with Gasteiger partial charge < -0.3 is 10.4 Å². The van der Waals surface area contributed by atoms with E-state index in [1.807, 2.05) is 0 Å². The zero-order valence-electron chi connectivity index (χ0n) is 15.5. The number of hydrazine groups is 1. The van der Waals surface area contributed by atoms with Crippen LogP contribution in [0.2, 0.25) is 0 Å². The lowest BCUT2D eigenvalue weighted by molar-refractivity contribution is -0.384. The topological polar surface area (TPSA) is 125 Å². The number of aromatic hydroxyl groups is 1. The molecule has 1 atom stereocenters. The van der Waals surface area contributed by atoms with E-state index >= 15 is 0 Å². The minimum atomic E-state index is -0.727. The van der Waals surface area contributed by atoms with Crippen molar-refractivity contribution in [2.24, 2.45) is 0 Å². The van der Waals surface area contributed by atoms with Crippen LogP contribution in [-0.4, -0.2) is 26.9 Å². The van der Waals surface area contributed by atoms with E-state index in [1.165, 1.54) is 41.4 Å². The molecule has 0 aromatic heterocycles. The number of benzene rings is 3. The number of nitro groups is 1. The molecule has 1 aliphatic rings. The van der Waals surface area contributed by atoms with Crippen LogP contribution in [0.25, 0.3) is 0 Å². The predicted molar refractivity (Wildman–Crippen MR) is 108 cm³/mol. The van der Waals surface area contributed by atoms with Crippen molar-refractivity contribution < 1.29 is 19.6 Å². The van der Waals surface area contributed by atoms with E-state index in [0.717, 1.165) is 0 Å². The van der Waals surface area contributed by atoms with Crippen molar-refractivity contribution in [2.75, 3.05) is 5.32 Å². The Hall–Kier alpha value is -4.40. The lowest BCUT2D eigenvalue weighted by atomic mass is 10.0. The van der Waals surface area contributed by atoms with Crippen LogP contribution in [-0.2, 0) is 0 Å². The molecule has 3 aromatic carbocycles. The quantitative estimate of drug-likeness (QED) is 0.453. The molecule has 0 saturated carbocycles. The Morgan fingerprint density at radius 3 is 2.37 bits per heavy atom. The number of anilines is 1. The Morgan fingerprint density at radius 2 is 1.70 bits per heavy atom. The third-order valence-electron chi connectivity index (χ3n) is 4.70. The van der Waals surface area contributed by atoms with Gasteiger partial charge in [0.25, 0.3) is 17.5 Å². The maximum Gasteiger partial charge on any atom is 0.276 e. The first-order valence-corrected chi connectivity index (χ1v) is 8.97. The molecule has 3 N–H and O–H groups in total. The molecule has 0 fully saturated rings. The number of nitrogens with one attached hydrogen (secondary N) is 2. The number of phenols is 1. The average Bonchev–Trinajstić information content (AvgIpc) is 2.76. The van der Waals surface area contributed by atoms with Crippen molar-refractivity contribution >= 4 is 23.2 Å². The van der Waals surface area contributed by atoms with Gasteiger partial charge in [0, 0.05) is 23.4 Å². The zero-order valence-corrected chi connectivity index (χ0v) is 15.5. The van der Waals surface area contributed by atoms with Crippen molar-refractivity contribution in [1.82, 2.24) is 10.4 Å². The molecule has 4 rings (SSSR count). The highest BCUT2D eigenvalue weighted by Crippen LogP contribution is 2.32. The number of hydrogen-bond donors (Lipinski definition) is 3. The molecule has 0 bridgehead atoms. The number of amides is 2. The number of phenolic OH excluding ortho intramolecular Hbond substituents is 1. The van der Waals surface area contributed by atoms with Crippen LogP contribution < -0.4 is 10.7 Å². The van der Waals surface area contributed by atoms with E-state index < -0.39 is 22.9 Å². The van der Waals surface area contributed by atoms with Crippen LogP contribution in [0.1, 0.15) is 32.4 Å². The van der Waals surface area contributed by atoms with Crippen LogP contribution in [0.5, 0.6) is 5.75 Å². The largest absolute Gasteiger partial charge is 0.508 e. The Kier molecular flexibility index (Phi) is 4.77. The predicted octanol–water partition coefficient (Wildman–Crippen LogP) is 3.21. The molecule has 2 amide bonds. The van der Waals surface area contributed by atoms with Crippen LogP contribution >= 0.6 is 0 Å². The van der Waals surface area contributed by atoms with E-state index in [1.54, 1.807) is 36.4 Å². The molecule has 30 heavy (non-hydrogen) atoms. The van der Waals surface area contributed by atoms with E-state index in [9.17, 15) is 24.8 Å². The Labute approximate surface area is 170 Å². The Bertz CT molecular complexity index is 1130. The second-order valence-corrected chi connectivity index (χ2v) is 6.60. The number of nitro benzene ring substituents is 1. The number of carbonyl (C=O) groups excluding carboxylic acids is 2. The summed E-state index contributed by atoms with van der Waals surface area (Å²) in [4.78, 5) is 36.1. The summed E-state index contributed by atoms with van der Waals surface area (Å²) in [5, 5.41) is 24.8. The molecule has 9 nitrogen and oxygen atoms in total. The molecule has 1 aliphatic heterocycles. The first-order valence-electron chi connectivity index (χ1n) is 8.97. The molecule has 0 radical (unpaired) electrons. The van der Waals surface area contributed by atoms with Gasteiger partial charge in [0.05, 0.1) is 10.5 Å². The van der Waals surface area contributed by atoms with Gasteiger partial charge in [-0.3, -0.25) is 25.1 Å². The Morgan fingerprint density at radius 1 is 1.03 bits per heavy atom. The van der Waals surface area contributed by atoms with E-state index in [0.29, 0.717) is 16.8 Å². The van der Waals surface area contributed by atoms with E-state index in [4.69, 9.17) is 0 Å². The summed E-state index contributed by atoms with van der Waals surface area (Å²) < 4.78 is 0. The maximum atomic E-state index is 13.1.